The van der Waals surface area contributed by atoms with Crippen molar-refractivity contribution < 1.29 is 4.74 Å². The van der Waals surface area contributed by atoms with E-state index in [0.717, 1.165) is 32.6 Å². The highest BCUT2D eigenvalue weighted by Crippen LogP contribution is 2.38. The molecule has 3 nitrogen and oxygen atoms in total. The first-order chi connectivity index (χ1) is 11.2. The van der Waals surface area contributed by atoms with Crippen molar-refractivity contribution in [2.75, 3.05) is 33.3 Å². The number of hydrogen-bond acceptors (Lipinski definition) is 3. The van der Waals surface area contributed by atoms with Gasteiger partial charge in [-0.25, -0.2) is 0 Å². The minimum absolute atomic E-state index is 0.343. The van der Waals surface area contributed by atoms with Crippen molar-refractivity contribution in [1.82, 2.24) is 10.2 Å². The molecule has 0 saturated carbocycles. The molecule has 0 radical (unpaired) electrons. The normalized spacial score (nSPS) is 25.4. The van der Waals surface area contributed by atoms with Gasteiger partial charge >= 0.3 is 0 Å². The maximum absolute atomic E-state index is 6.30. The molecule has 2 fully saturated rings. The molecule has 23 heavy (non-hydrogen) atoms. The first-order valence-electron chi connectivity index (χ1n) is 8.61. The van der Waals surface area contributed by atoms with Crippen molar-refractivity contribution in [3.63, 3.8) is 0 Å². The fourth-order valence-corrected chi connectivity index (χ4v) is 4.36. The summed E-state index contributed by atoms with van der Waals surface area (Å²) in [7, 11) is 1.83. The second kappa shape index (κ2) is 8.17. The molecule has 0 amide bonds. The van der Waals surface area contributed by atoms with Gasteiger partial charge in [-0.1, -0.05) is 29.3 Å². The maximum atomic E-state index is 6.30. The van der Waals surface area contributed by atoms with E-state index in [9.17, 15) is 0 Å². The van der Waals surface area contributed by atoms with E-state index >= 15 is 0 Å². The van der Waals surface area contributed by atoms with Crippen LogP contribution in [-0.4, -0.2) is 44.3 Å². The molecule has 1 aromatic carbocycles. The van der Waals surface area contributed by atoms with E-state index in [2.05, 4.69) is 22.3 Å². The fraction of sp³-hybridized carbons (Fsp3) is 0.667. The van der Waals surface area contributed by atoms with Gasteiger partial charge in [0.25, 0.3) is 0 Å². The highest BCUT2D eigenvalue weighted by molar-refractivity contribution is 6.42. The Bertz CT molecular complexity index is 520. The second-order valence-electron chi connectivity index (χ2n) is 6.70. The quantitative estimate of drug-likeness (QED) is 0.876. The third-order valence-corrected chi connectivity index (χ3v) is 5.99. The number of nitrogens with zero attached hydrogens (tertiary/aromatic N) is 1. The summed E-state index contributed by atoms with van der Waals surface area (Å²) in [6.07, 6.45) is 5.11. The molecule has 1 N–H and O–H groups in total. The molecule has 2 saturated heterocycles. The Kier molecular flexibility index (Phi) is 6.22. The number of rotatable bonds is 4. The number of hydrogen-bond donors (Lipinski definition) is 1. The van der Waals surface area contributed by atoms with Gasteiger partial charge in [-0.2, -0.15) is 0 Å². The fourth-order valence-electron chi connectivity index (χ4n) is 4.05. The summed E-state index contributed by atoms with van der Waals surface area (Å²) in [4.78, 5) is 2.60. The van der Waals surface area contributed by atoms with Crippen LogP contribution in [0.1, 0.15) is 37.3 Å². The third-order valence-electron chi connectivity index (χ3n) is 5.25. The molecule has 2 aliphatic rings. The molecular weight excluding hydrogens is 331 g/mol. The number of methoxy groups -OCH3 is 1. The summed E-state index contributed by atoms with van der Waals surface area (Å²) in [5, 5.41) is 4.76. The number of likely N-dealkylation sites (tertiary alicyclic amines) is 1. The van der Waals surface area contributed by atoms with Crippen LogP contribution in [0.4, 0.5) is 0 Å². The summed E-state index contributed by atoms with van der Waals surface area (Å²) < 4.78 is 5.64. The molecule has 5 heteroatoms. The first kappa shape index (κ1) is 17.5. The molecule has 0 aromatic heterocycles. The lowest BCUT2D eigenvalue weighted by molar-refractivity contribution is -0.00157. The van der Waals surface area contributed by atoms with Gasteiger partial charge in [-0.15, -0.1) is 0 Å². The predicted octanol–water partition coefficient (Wildman–Crippen LogP) is 4.14. The summed E-state index contributed by atoms with van der Waals surface area (Å²) in [5.74, 6) is 0.657. The minimum atomic E-state index is 0.343. The van der Waals surface area contributed by atoms with E-state index in [1.54, 1.807) is 0 Å². The Morgan fingerprint density at radius 2 is 1.96 bits per heavy atom. The lowest BCUT2D eigenvalue weighted by Gasteiger charge is -2.43. The van der Waals surface area contributed by atoms with E-state index in [1.807, 2.05) is 13.2 Å². The van der Waals surface area contributed by atoms with E-state index in [4.69, 9.17) is 27.9 Å². The highest BCUT2D eigenvalue weighted by Gasteiger charge is 2.33. The maximum Gasteiger partial charge on any atom is 0.0698 e. The topological polar surface area (TPSA) is 24.5 Å². The molecule has 2 heterocycles. The number of piperidine rings is 2. The standard InChI is InChI=1S/C18H26Cl2N2O/c1-23-15-3-2-10-22(12-15)18(13-6-8-21-9-7-13)14-4-5-16(19)17(20)11-14/h4-5,11,13,15,18,21H,2-3,6-10,12H2,1H3. The molecular formula is C18H26Cl2N2O. The Labute approximate surface area is 149 Å². The Morgan fingerprint density at radius 1 is 1.17 bits per heavy atom. The molecule has 2 unspecified atom stereocenters. The van der Waals surface area contributed by atoms with Crippen LogP contribution in [0.15, 0.2) is 18.2 Å². The zero-order valence-electron chi connectivity index (χ0n) is 13.7. The van der Waals surface area contributed by atoms with Gasteiger partial charge < -0.3 is 10.1 Å². The van der Waals surface area contributed by atoms with Crippen LogP contribution in [0.25, 0.3) is 0 Å². The molecule has 2 atom stereocenters. The first-order valence-corrected chi connectivity index (χ1v) is 9.37. The lowest BCUT2D eigenvalue weighted by Crippen LogP contribution is -2.45. The molecule has 0 aliphatic carbocycles. The van der Waals surface area contributed by atoms with Crippen LogP contribution in [0.5, 0.6) is 0 Å². The highest BCUT2D eigenvalue weighted by atomic mass is 35.5. The number of halogens is 2. The van der Waals surface area contributed by atoms with E-state index in [-0.39, 0.29) is 0 Å². The zero-order valence-corrected chi connectivity index (χ0v) is 15.2. The largest absolute Gasteiger partial charge is 0.380 e. The van der Waals surface area contributed by atoms with Crippen molar-refractivity contribution in [2.24, 2.45) is 5.92 Å². The van der Waals surface area contributed by atoms with Crippen molar-refractivity contribution in [2.45, 2.75) is 37.8 Å². The van der Waals surface area contributed by atoms with Gasteiger partial charge in [-0.05, 0) is 68.9 Å². The SMILES string of the molecule is COC1CCCN(C(c2ccc(Cl)c(Cl)c2)C2CCNCC2)C1. The van der Waals surface area contributed by atoms with Crippen molar-refractivity contribution >= 4 is 23.2 Å². The van der Waals surface area contributed by atoms with Gasteiger partial charge in [0.2, 0.25) is 0 Å². The van der Waals surface area contributed by atoms with E-state index in [1.165, 1.54) is 24.8 Å². The number of benzene rings is 1. The van der Waals surface area contributed by atoms with Crippen LogP contribution in [-0.2, 0) is 4.74 Å². The van der Waals surface area contributed by atoms with E-state index < -0.39 is 0 Å². The summed E-state index contributed by atoms with van der Waals surface area (Å²) in [5.41, 5.74) is 1.29. The number of ether oxygens (including phenoxy) is 1. The van der Waals surface area contributed by atoms with Crippen LogP contribution in [0, 0.1) is 5.92 Å². The van der Waals surface area contributed by atoms with Crippen LogP contribution in [0.2, 0.25) is 10.0 Å². The smallest absolute Gasteiger partial charge is 0.0698 e. The van der Waals surface area contributed by atoms with E-state index in [0.29, 0.717) is 28.1 Å². The summed E-state index contributed by atoms with van der Waals surface area (Å²) >= 11 is 12.4. The monoisotopic (exact) mass is 356 g/mol. The molecule has 3 rings (SSSR count). The second-order valence-corrected chi connectivity index (χ2v) is 7.52. The van der Waals surface area contributed by atoms with Crippen LogP contribution < -0.4 is 5.32 Å². The van der Waals surface area contributed by atoms with Gasteiger partial charge in [-0.3, -0.25) is 4.90 Å². The average Bonchev–Trinajstić information content (AvgIpc) is 2.59. The zero-order chi connectivity index (χ0) is 16.2. The molecule has 1 aromatic rings. The molecule has 0 bridgehead atoms. The third kappa shape index (κ3) is 4.21. The summed E-state index contributed by atoms with van der Waals surface area (Å²) in [6.45, 7) is 4.34. The van der Waals surface area contributed by atoms with Crippen molar-refractivity contribution in [3.8, 4) is 0 Å². The molecule has 128 valence electrons. The van der Waals surface area contributed by atoms with Gasteiger partial charge in [0.1, 0.15) is 0 Å². The van der Waals surface area contributed by atoms with Crippen molar-refractivity contribution in [1.29, 1.82) is 0 Å². The van der Waals surface area contributed by atoms with Crippen LogP contribution in [0.3, 0.4) is 0 Å². The Morgan fingerprint density at radius 3 is 2.65 bits per heavy atom. The lowest BCUT2D eigenvalue weighted by atomic mass is 9.84. The Hall–Kier alpha value is -0.320. The van der Waals surface area contributed by atoms with Gasteiger partial charge in [0, 0.05) is 19.7 Å². The van der Waals surface area contributed by atoms with Gasteiger partial charge in [0.15, 0.2) is 0 Å². The molecule has 0 spiro atoms. The Balaban J connectivity index is 1.87. The van der Waals surface area contributed by atoms with Gasteiger partial charge in [0.05, 0.1) is 16.1 Å². The minimum Gasteiger partial charge on any atom is -0.380 e. The molecule has 2 aliphatic heterocycles. The average molecular weight is 357 g/mol. The predicted molar refractivity (Wildman–Crippen MR) is 96.4 cm³/mol. The van der Waals surface area contributed by atoms with Crippen LogP contribution >= 0.6 is 23.2 Å². The van der Waals surface area contributed by atoms with Crippen molar-refractivity contribution in [3.05, 3.63) is 33.8 Å². The summed E-state index contributed by atoms with van der Waals surface area (Å²) in [6, 6.07) is 6.56. The number of nitrogens with one attached hydrogen (secondary N) is 1.